The van der Waals surface area contributed by atoms with E-state index in [4.69, 9.17) is 13.9 Å². The summed E-state index contributed by atoms with van der Waals surface area (Å²) in [5.74, 6) is 1.55. The van der Waals surface area contributed by atoms with Gasteiger partial charge in [0.15, 0.2) is 5.76 Å². The molecule has 1 aromatic carbocycles. The molecule has 1 aliphatic heterocycles. The number of hydrogen-bond acceptors (Lipinski definition) is 5. The van der Waals surface area contributed by atoms with Crippen molar-refractivity contribution >= 4 is 5.91 Å². The van der Waals surface area contributed by atoms with Crippen molar-refractivity contribution in [3.05, 3.63) is 53.0 Å². The molecule has 0 saturated carbocycles. The van der Waals surface area contributed by atoms with Gasteiger partial charge in [0.05, 0.1) is 6.61 Å². The van der Waals surface area contributed by atoms with Crippen LogP contribution in [0.3, 0.4) is 0 Å². The fraction of sp³-hybridized carbons (Fsp3) is 0.500. The molecule has 0 spiro atoms. The molecule has 2 aromatic rings. The smallest absolute Gasteiger partial charge is 0.287 e. The molecule has 152 valence electrons. The molecular weight excluding hydrogens is 356 g/mol. The minimum absolute atomic E-state index is 0.0167. The first kappa shape index (κ1) is 20.4. The van der Waals surface area contributed by atoms with E-state index in [0.717, 1.165) is 37.2 Å². The van der Waals surface area contributed by atoms with Crippen LogP contribution in [0.4, 0.5) is 0 Å². The third-order valence-corrected chi connectivity index (χ3v) is 5.32. The van der Waals surface area contributed by atoms with Gasteiger partial charge in [0.25, 0.3) is 5.91 Å². The lowest BCUT2D eigenvalue weighted by molar-refractivity contribution is 0.0505. The highest BCUT2D eigenvalue weighted by molar-refractivity contribution is 5.91. The molecule has 3 rings (SSSR count). The van der Waals surface area contributed by atoms with Gasteiger partial charge < -0.3 is 24.5 Å². The van der Waals surface area contributed by atoms with E-state index in [1.807, 2.05) is 19.1 Å². The lowest BCUT2D eigenvalue weighted by Crippen LogP contribution is -2.47. The number of furan rings is 1. The van der Waals surface area contributed by atoms with Gasteiger partial charge in [-0.25, -0.2) is 0 Å². The summed E-state index contributed by atoms with van der Waals surface area (Å²) < 4.78 is 16.9. The molecule has 1 fully saturated rings. The predicted molar refractivity (Wildman–Crippen MR) is 108 cm³/mol. The summed E-state index contributed by atoms with van der Waals surface area (Å²) in [5.41, 5.74) is 2.26. The number of carbonyl (C=O) groups is 1. The van der Waals surface area contributed by atoms with Crippen LogP contribution in [0.5, 0.6) is 5.75 Å². The van der Waals surface area contributed by atoms with Crippen molar-refractivity contribution in [3.63, 3.8) is 0 Å². The Bertz CT molecular complexity index is 788. The van der Waals surface area contributed by atoms with Crippen LogP contribution in [0, 0.1) is 19.3 Å². The molecule has 6 nitrogen and oxygen atoms in total. The first-order valence-corrected chi connectivity index (χ1v) is 9.78. The van der Waals surface area contributed by atoms with Gasteiger partial charge in [-0.1, -0.05) is 17.7 Å². The second kappa shape index (κ2) is 9.26. The zero-order chi connectivity index (χ0) is 20.0. The number of amides is 1. The highest BCUT2D eigenvalue weighted by Gasteiger charge is 2.32. The first-order chi connectivity index (χ1) is 13.5. The number of aryl methyl sites for hydroxylation is 2. The fourth-order valence-corrected chi connectivity index (χ4v) is 3.68. The van der Waals surface area contributed by atoms with Crippen molar-refractivity contribution in [3.8, 4) is 5.75 Å². The number of hydrogen-bond donors (Lipinski definition) is 2. The number of piperidine rings is 1. The Kier molecular flexibility index (Phi) is 6.75. The number of rotatable bonds is 8. The maximum Gasteiger partial charge on any atom is 0.287 e. The van der Waals surface area contributed by atoms with E-state index >= 15 is 0 Å². The van der Waals surface area contributed by atoms with Crippen molar-refractivity contribution < 1.29 is 18.7 Å². The fourth-order valence-electron chi connectivity index (χ4n) is 3.68. The summed E-state index contributed by atoms with van der Waals surface area (Å²) in [6.45, 7) is 7.46. The first-order valence-electron chi connectivity index (χ1n) is 9.78. The predicted octanol–water partition coefficient (Wildman–Crippen LogP) is 3.22. The van der Waals surface area contributed by atoms with Gasteiger partial charge in [-0.2, -0.15) is 0 Å². The minimum atomic E-state index is -0.202. The molecule has 0 radical (unpaired) electrons. The highest BCUT2D eigenvalue weighted by atomic mass is 16.5. The Balaban J connectivity index is 1.54. The lowest BCUT2D eigenvalue weighted by atomic mass is 9.79. The van der Waals surface area contributed by atoms with Gasteiger partial charge in [-0.15, -0.1) is 0 Å². The van der Waals surface area contributed by atoms with Gasteiger partial charge in [0.2, 0.25) is 0 Å². The second-order valence-electron chi connectivity index (χ2n) is 7.69. The SMILES string of the molecule is COCC1(CNC(=O)c2ccc(COc3ccc(C)cc3C)o2)CCNCC1. The number of methoxy groups -OCH3 is 1. The van der Waals surface area contributed by atoms with Crippen LogP contribution in [0.15, 0.2) is 34.7 Å². The quantitative estimate of drug-likeness (QED) is 0.729. The van der Waals surface area contributed by atoms with E-state index in [-0.39, 0.29) is 17.9 Å². The molecule has 28 heavy (non-hydrogen) atoms. The summed E-state index contributed by atoms with van der Waals surface area (Å²) in [6, 6.07) is 9.53. The summed E-state index contributed by atoms with van der Waals surface area (Å²) >= 11 is 0. The summed E-state index contributed by atoms with van der Waals surface area (Å²) in [6.07, 6.45) is 1.96. The van der Waals surface area contributed by atoms with E-state index in [9.17, 15) is 4.79 Å². The van der Waals surface area contributed by atoms with E-state index in [1.54, 1.807) is 19.2 Å². The average molecular weight is 386 g/mol. The highest BCUT2D eigenvalue weighted by Crippen LogP contribution is 2.28. The normalized spacial score (nSPS) is 16.0. The maximum absolute atomic E-state index is 12.5. The zero-order valence-corrected chi connectivity index (χ0v) is 17.0. The Hall–Kier alpha value is -2.31. The topological polar surface area (TPSA) is 72.7 Å². The third-order valence-electron chi connectivity index (χ3n) is 5.32. The summed E-state index contributed by atoms with van der Waals surface area (Å²) in [7, 11) is 1.71. The van der Waals surface area contributed by atoms with E-state index < -0.39 is 0 Å². The number of benzene rings is 1. The van der Waals surface area contributed by atoms with Gasteiger partial charge in [-0.05, 0) is 63.5 Å². The Morgan fingerprint density at radius 2 is 2.00 bits per heavy atom. The number of carbonyl (C=O) groups excluding carboxylic acids is 1. The lowest BCUT2D eigenvalue weighted by Gasteiger charge is -2.37. The molecule has 6 heteroatoms. The van der Waals surface area contributed by atoms with Crippen LogP contribution in [0.2, 0.25) is 0 Å². The molecule has 0 atom stereocenters. The molecule has 1 aliphatic rings. The molecule has 0 aliphatic carbocycles. The van der Waals surface area contributed by atoms with Crippen LogP contribution in [-0.2, 0) is 11.3 Å². The standard InChI is InChI=1S/C22H30N2O4/c1-16-4-6-19(17(2)12-16)27-13-18-5-7-20(28-18)21(25)24-14-22(15-26-3)8-10-23-11-9-22/h4-7,12,23H,8-11,13-15H2,1-3H3,(H,24,25). The summed E-state index contributed by atoms with van der Waals surface area (Å²) in [5, 5.41) is 6.37. The van der Waals surface area contributed by atoms with Crippen LogP contribution in [0.25, 0.3) is 0 Å². The molecule has 0 bridgehead atoms. The molecule has 1 amide bonds. The largest absolute Gasteiger partial charge is 0.485 e. The summed E-state index contributed by atoms with van der Waals surface area (Å²) in [4.78, 5) is 12.5. The molecule has 0 unspecified atom stereocenters. The van der Waals surface area contributed by atoms with Crippen LogP contribution >= 0.6 is 0 Å². The Morgan fingerprint density at radius 3 is 2.71 bits per heavy atom. The monoisotopic (exact) mass is 386 g/mol. The third kappa shape index (κ3) is 5.14. The zero-order valence-electron chi connectivity index (χ0n) is 17.0. The van der Waals surface area contributed by atoms with Gasteiger partial charge in [-0.3, -0.25) is 4.79 Å². The van der Waals surface area contributed by atoms with Crippen LogP contribution in [0.1, 0.15) is 40.3 Å². The molecule has 2 N–H and O–H groups in total. The van der Waals surface area contributed by atoms with Crippen molar-refractivity contribution in [1.82, 2.24) is 10.6 Å². The maximum atomic E-state index is 12.5. The number of ether oxygens (including phenoxy) is 2. The number of nitrogens with one attached hydrogen (secondary N) is 2. The van der Waals surface area contributed by atoms with Gasteiger partial charge >= 0.3 is 0 Å². The van der Waals surface area contributed by atoms with Crippen LogP contribution < -0.4 is 15.4 Å². The van der Waals surface area contributed by atoms with E-state index in [2.05, 4.69) is 23.6 Å². The average Bonchev–Trinajstić information content (AvgIpc) is 3.16. The molecular formula is C22H30N2O4. The van der Waals surface area contributed by atoms with E-state index in [1.165, 1.54) is 5.56 Å². The Morgan fingerprint density at radius 1 is 1.21 bits per heavy atom. The Labute approximate surface area is 166 Å². The van der Waals surface area contributed by atoms with E-state index in [0.29, 0.717) is 24.7 Å². The van der Waals surface area contributed by atoms with Crippen molar-refractivity contribution in [2.45, 2.75) is 33.3 Å². The van der Waals surface area contributed by atoms with Gasteiger partial charge in [0.1, 0.15) is 18.1 Å². The van der Waals surface area contributed by atoms with Crippen molar-refractivity contribution in [2.24, 2.45) is 5.41 Å². The van der Waals surface area contributed by atoms with Crippen LogP contribution in [-0.4, -0.2) is 39.3 Å². The molecule has 1 saturated heterocycles. The molecule has 2 heterocycles. The molecule has 1 aromatic heterocycles. The van der Waals surface area contributed by atoms with Crippen molar-refractivity contribution in [1.29, 1.82) is 0 Å². The van der Waals surface area contributed by atoms with Gasteiger partial charge in [0, 0.05) is 19.1 Å². The minimum Gasteiger partial charge on any atom is -0.485 e. The second-order valence-corrected chi connectivity index (χ2v) is 7.69. The van der Waals surface area contributed by atoms with Crippen molar-refractivity contribution in [2.75, 3.05) is 33.4 Å².